The summed E-state index contributed by atoms with van der Waals surface area (Å²) in [7, 11) is 0. The number of thiophene rings is 1. The predicted molar refractivity (Wildman–Crippen MR) is 66.2 cm³/mol. The molecule has 0 bridgehead atoms. The molecule has 16 heavy (non-hydrogen) atoms. The minimum atomic E-state index is 0.223. The molecule has 2 aromatic heterocycles. The summed E-state index contributed by atoms with van der Waals surface area (Å²) in [6, 6.07) is 6.11. The van der Waals surface area contributed by atoms with Crippen molar-refractivity contribution in [2.24, 2.45) is 5.84 Å². The molecule has 2 heterocycles. The van der Waals surface area contributed by atoms with Gasteiger partial charge in [0.25, 0.3) is 0 Å². The summed E-state index contributed by atoms with van der Waals surface area (Å²) in [4.78, 5) is 9.33. The van der Waals surface area contributed by atoms with Crippen molar-refractivity contribution in [3.8, 4) is 0 Å². The van der Waals surface area contributed by atoms with Gasteiger partial charge >= 0.3 is 0 Å². The van der Waals surface area contributed by atoms with Crippen LogP contribution in [0.15, 0.2) is 29.9 Å². The van der Waals surface area contributed by atoms with E-state index in [4.69, 9.17) is 5.84 Å². The Balaban J connectivity index is 2.08. The van der Waals surface area contributed by atoms with E-state index in [0.29, 0.717) is 5.82 Å². The number of hydrogen-bond acceptors (Lipinski definition) is 6. The van der Waals surface area contributed by atoms with Crippen molar-refractivity contribution in [3.63, 3.8) is 0 Å². The minimum Gasteiger partial charge on any atom is -0.363 e. The first kappa shape index (κ1) is 10.8. The second-order valence-corrected chi connectivity index (χ2v) is 4.29. The standard InChI is InChI=1S/C10H13N5S/c1-7(8-3-2-4-16-8)14-9-5-10(15-11)13-6-12-9/h2-7H,11H2,1H3,(H2,12,13,14,15). The van der Waals surface area contributed by atoms with Crippen molar-refractivity contribution in [2.75, 3.05) is 10.7 Å². The van der Waals surface area contributed by atoms with E-state index in [0.717, 1.165) is 5.82 Å². The van der Waals surface area contributed by atoms with Crippen LogP contribution in [0.1, 0.15) is 17.8 Å². The van der Waals surface area contributed by atoms with Gasteiger partial charge in [-0.25, -0.2) is 15.8 Å². The van der Waals surface area contributed by atoms with Crippen LogP contribution in [0.25, 0.3) is 0 Å². The van der Waals surface area contributed by atoms with Gasteiger partial charge in [0, 0.05) is 10.9 Å². The molecule has 1 unspecified atom stereocenters. The number of anilines is 2. The molecular weight excluding hydrogens is 222 g/mol. The summed E-state index contributed by atoms with van der Waals surface area (Å²) in [5, 5.41) is 5.34. The fourth-order valence-corrected chi connectivity index (χ4v) is 2.08. The van der Waals surface area contributed by atoms with Crippen LogP contribution in [-0.2, 0) is 0 Å². The van der Waals surface area contributed by atoms with E-state index in [1.165, 1.54) is 11.2 Å². The number of hydrazine groups is 1. The van der Waals surface area contributed by atoms with Crippen molar-refractivity contribution < 1.29 is 0 Å². The van der Waals surface area contributed by atoms with Crippen LogP contribution in [0, 0.1) is 0 Å². The normalized spacial score (nSPS) is 12.1. The molecular formula is C10H13N5S. The number of nitrogen functional groups attached to an aromatic ring is 1. The van der Waals surface area contributed by atoms with Gasteiger partial charge < -0.3 is 10.7 Å². The minimum absolute atomic E-state index is 0.223. The topological polar surface area (TPSA) is 75.9 Å². The molecule has 0 saturated heterocycles. The smallest absolute Gasteiger partial charge is 0.145 e. The highest BCUT2D eigenvalue weighted by molar-refractivity contribution is 7.10. The molecule has 5 nitrogen and oxygen atoms in total. The first-order chi connectivity index (χ1) is 7.79. The first-order valence-electron chi connectivity index (χ1n) is 4.88. The maximum Gasteiger partial charge on any atom is 0.145 e. The summed E-state index contributed by atoms with van der Waals surface area (Å²) in [6.07, 6.45) is 1.47. The molecule has 2 aromatic rings. The summed E-state index contributed by atoms with van der Waals surface area (Å²) < 4.78 is 0. The molecule has 0 spiro atoms. The third-order valence-corrected chi connectivity index (χ3v) is 3.20. The lowest BCUT2D eigenvalue weighted by atomic mass is 10.3. The van der Waals surface area contributed by atoms with E-state index in [1.807, 2.05) is 6.07 Å². The van der Waals surface area contributed by atoms with Crippen molar-refractivity contribution in [2.45, 2.75) is 13.0 Å². The van der Waals surface area contributed by atoms with Crippen LogP contribution in [0.4, 0.5) is 11.6 Å². The Morgan fingerprint density at radius 3 is 2.88 bits per heavy atom. The lowest BCUT2D eigenvalue weighted by Crippen LogP contribution is -2.11. The Morgan fingerprint density at radius 1 is 1.38 bits per heavy atom. The molecule has 0 aliphatic heterocycles. The zero-order valence-corrected chi connectivity index (χ0v) is 9.66. The van der Waals surface area contributed by atoms with Gasteiger partial charge in [0.2, 0.25) is 0 Å². The number of rotatable bonds is 4. The van der Waals surface area contributed by atoms with Gasteiger partial charge in [0.1, 0.15) is 18.0 Å². The lowest BCUT2D eigenvalue weighted by Gasteiger charge is -2.12. The highest BCUT2D eigenvalue weighted by Gasteiger charge is 2.07. The Bertz CT molecular complexity index is 442. The fourth-order valence-electron chi connectivity index (χ4n) is 1.35. The highest BCUT2D eigenvalue weighted by Crippen LogP contribution is 2.22. The third-order valence-electron chi connectivity index (χ3n) is 2.15. The van der Waals surface area contributed by atoms with Gasteiger partial charge in [0.15, 0.2) is 0 Å². The second-order valence-electron chi connectivity index (χ2n) is 3.31. The van der Waals surface area contributed by atoms with E-state index in [1.54, 1.807) is 17.4 Å². The average molecular weight is 235 g/mol. The third kappa shape index (κ3) is 2.47. The van der Waals surface area contributed by atoms with E-state index in [2.05, 4.69) is 39.1 Å². The highest BCUT2D eigenvalue weighted by atomic mass is 32.1. The number of nitrogens with zero attached hydrogens (tertiary/aromatic N) is 2. The van der Waals surface area contributed by atoms with Crippen LogP contribution in [0.3, 0.4) is 0 Å². The molecule has 6 heteroatoms. The molecule has 0 aromatic carbocycles. The molecule has 0 aliphatic carbocycles. The summed E-state index contributed by atoms with van der Waals surface area (Å²) in [5.41, 5.74) is 2.49. The predicted octanol–water partition coefficient (Wildman–Crippen LogP) is 2.00. The van der Waals surface area contributed by atoms with Gasteiger partial charge in [0.05, 0.1) is 6.04 Å². The number of hydrogen-bond donors (Lipinski definition) is 3. The molecule has 4 N–H and O–H groups in total. The quantitative estimate of drug-likeness (QED) is 0.558. The molecule has 84 valence electrons. The number of nitrogens with two attached hydrogens (primary N) is 1. The summed E-state index contributed by atoms with van der Waals surface area (Å²) in [6.45, 7) is 2.09. The SMILES string of the molecule is CC(Nc1cc(NN)ncn1)c1cccs1. The van der Waals surface area contributed by atoms with Crippen LogP contribution in [0.5, 0.6) is 0 Å². The number of nitrogens with one attached hydrogen (secondary N) is 2. The van der Waals surface area contributed by atoms with Crippen molar-refractivity contribution in [1.29, 1.82) is 0 Å². The zero-order valence-electron chi connectivity index (χ0n) is 8.84. The van der Waals surface area contributed by atoms with E-state index < -0.39 is 0 Å². The lowest BCUT2D eigenvalue weighted by molar-refractivity contribution is 0.893. The molecule has 0 amide bonds. The average Bonchev–Trinajstić information content (AvgIpc) is 2.83. The van der Waals surface area contributed by atoms with Gasteiger partial charge in [-0.3, -0.25) is 0 Å². The van der Waals surface area contributed by atoms with E-state index >= 15 is 0 Å². The Hall–Kier alpha value is -1.66. The van der Waals surface area contributed by atoms with Crippen LogP contribution < -0.4 is 16.6 Å². The van der Waals surface area contributed by atoms with Crippen LogP contribution >= 0.6 is 11.3 Å². The van der Waals surface area contributed by atoms with Crippen molar-refractivity contribution in [1.82, 2.24) is 9.97 Å². The molecule has 0 aliphatic rings. The van der Waals surface area contributed by atoms with Crippen molar-refractivity contribution in [3.05, 3.63) is 34.8 Å². The fraction of sp³-hybridized carbons (Fsp3) is 0.200. The Kier molecular flexibility index (Phi) is 3.33. The van der Waals surface area contributed by atoms with E-state index in [9.17, 15) is 0 Å². The number of aromatic nitrogens is 2. The maximum atomic E-state index is 5.28. The van der Waals surface area contributed by atoms with E-state index in [-0.39, 0.29) is 6.04 Å². The Morgan fingerprint density at radius 2 is 2.19 bits per heavy atom. The van der Waals surface area contributed by atoms with Crippen LogP contribution in [0.2, 0.25) is 0 Å². The monoisotopic (exact) mass is 235 g/mol. The summed E-state index contributed by atoms with van der Waals surface area (Å²) >= 11 is 1.71. The van der Waals surface area contributed by atoms with Crippen molar-refractivity contribution >= 4 is 23.0 Å². The zero-order chi connectivity index (χ0) is 11.4. The maximum absolute atomic E-state index is 5.28. The first-order valence-corrected chi connectivity index (χ1v) is 5.76. The Labute approximate surface area is 97.7 Å². The second kappa shape index (κ2) is 4.91. The summed E-state index contributed by atoms with van der Waals surface area (Å²) in [5.74, 6) is 6.63. The molecule has 0 fully saturated rings. The van der Waals surface area contributed by atoms with Gasteiger partial charge in [-0.15, -0.1) is 11.3 Å². The molecule has 1 atom stereocenters. The molecule has 2 rings (SSSR count). The molecule has 0 saturated carbocycles. The molecule has 0 radical (unpaired) electrons. The van der Waals surface area contributed by atoms with Gasteiger partial charge in [-0.2, -0.15) is 0 Å². The van der Waals surface area contributed by atoms with Gasteiger partial charge in [-0.1, -0.05) is 6.07 Å². The largest absolute Gasteiger partial charge is 0.363 e. The van der Waals surface area contributed by atoms with Gasteiger partial charge in [-0.05, 0) is 18.4 Å². The van der Waals surface area contributed by atoms with Crippen LogP contribution in [-0.4, -0.2) is 9.97 Å².